The molecule has 1 heterocycles. The molecule has 2 aliphatic carbocycles. The number of anilines is 2. The van der Waals surface area contributed by atoms with E-state index in [1.807, 2.05) is 13.0 Å². The lowest BCUT2D eigenvalue weighted by Crippen LogP contribution is -2.38. The molecule has 1 aromatic heterocycles. The van der Waals surface area contributed by atoms with Gasteiger partial charge in [-0.15, -0.1) is 0 Å². The standard InChI is InChI=1S/C19H32N4O2/c1-3-25-16-8-6-14(7-9-16)22-18-20-12-10-17(23-18)21-15-5-4-11-19(2,24)13-15/h10,12,14-16,24H,3-9,11,13H2,1-2H3,(H2,20,21,22,23)/t14?,15-,16?,19-/m1/s1. The number of ether oxygens (including phenoxy) is 1. The quantitative estimate of drug-likeness (QED) is 0.732. The first-order chi connectivity index (χ1) is 12.0. The predicted octanol–water partition coefficient (Wildman–Crippen LogP) is 3.34. The fraction of sp³-hybridized carbons (Fsp3) is 0.789. The van der Waals surface area contributed by atoms with Gasteiger partial charge in [0.15, 0.2) is 0 Å². The molecule has 0 unspecified atom stereocenters. The van der Waals surface area contributed by atoms with Crippen molar-refractivity contribution in [3.05, 3.63) is 12.3 Å². The van der Waals surface area contributed by atoms with Crippen molar-refractivity contribution in [3.63, 3.8) is 0 Å². The predicted molar refractivity (Wildman–Crippen MR) is 99.8 cm³/mol. The summed E-state index contributed by atoms with van der Waals surface area (Å²) in [4.78, 5) is 8.99. The van der Waals surface area contributed by atoms with Crippen molar-refractivity contribution < 1.29 is 9.84 Å². The molecule has 2 atom stereocenters. The molecule has 3 N–H and O–H groups in total. The normalized spacial score (nSPS) is 33.0. The van der Waals surface area contributed by atoms with Crippen LogP contribution in [0.5, 0.6) is 0 Å². The van der Waals surface area contributed by atoms with Gasteiger partial charge in [0.05, 0.1) is 11.7 Å². The summed E-state index contributed by atoms with van der Waals surface area (Å²) >= 11 is 0. The van der Waals surface area contributed by atoms with Crippen molar-refractivity contribution in [1.82, 2.24) is 9.97 Å². The van der Waals surface area contributed by atoms with Crippen LogP contribution in [0.3, 0.4) is 0 Å². The van der Waals surface area contributed by atoms with Crippen molar-refractivity contribution in [2.24, 2.45) is 0 Å². The third-order valence-corrected chi connectivity index (χ3v) is 5.37. The Labute approximate surface area is 150 Å². The maximum atomic E-state index is 10.3. The minimum absolute atomic E-state index is 0.271. The van der Waals surface area contributed by atoms with E-state index >= 15 is 0 Å². The van der Waals surface area contributed by atoms with Crippen molar-refractivity contribution >= 4 is 11.8 Å². The average Bonchev–Trinajstić information content (AvgIpc) is 2.56. The molecule has 0 spiro atoms. The second-order valence-electron chi connectivity index (χ2n) is 7.77. The van der Waals surface area contributed by atoms with Crippen LogP contribution in [-0.2, 0) is 4.74 Å². The topological polar surface area (TPSA) is 79.3 Å². The molecule has 3 rings (SSSR count). The van der Waals surface area contributed by atoms with Crippen molar-refractivity contribution in [3.8, 4) is 0 Å². The molecule has 2 aliphatic rings. The monoisotopic (exact) mass is 348 g/mol. The third kappa shape index (κ3) is 5.54. The first-order valence-corrected chi connectivity index (χ1v) is 9.74. The highest BCUT2D eigenvalue weighted by atomic mass is 16.5. The molecule has 2 saturated carbocycles. The number of hydrogen-bond acceptors (Lipinski definition) is 6. The van der Waals surface area contributed by atoms with E-state index in [9.17, 15) is 5.11 Å². The first-order valence-electron chi connectivity index (χ1n) is 9.74. The van der Waals surface area contributed by atoms with Gasteiger partial charge in [0, 0.05) is 24.9 Å². The van der Waals surface area contributed by atoms with Gasteiger partial charge in [-0.3, -0.25) is 0 Å². The van der Waals surface area contributed by atoms with Gasteiger partial charge >= 0.3 is 0 Å². The molecule has 0 saturated heterocycles. The second kappa shape index (κ2) is 8.32. The van der Waals surface area contributed by atoms with Crippen LogP contribution in [0, 0.1) is 0 Å². The fourth-order valence-corrected chi connectivity index (χ4v) is 4.10. The van der Waals surface area contributed by atoms with Crippen LogP contribution in [0.15, 0.2) is 12.3 Å². The van der Waals surface area contributed by atoms with E-state index < -0.39 is 5.60 Å². The molecule has 140 valence electrons. The van der Waals surface area contributed by atoms with Crippen LogP contribution < -0.4 is 10.6 Å². The lowest BCUT2D eigenvalue weighted by Gasteiger charge is -2.34. The molecule has 2 fully saturated rings. The van der Waals surface area contributed by atoms with Gasteiger partial charge in [0.25, 0.3) is 0 Å². The summed E-state index contributed by atoms with van der Waals surface area (Å²) in [5.41, 5.74) is -0.566. The second-order valence-corrected chi connectivity index (χ2v) is 7.77. The zero-order valence-corrected chi connectivity index (χ0v) is 15.5. The highest BCUT2D eigenvalue weighted by Crippen LogP contribution is 2.29. The molecule has 6 nitrogen and oxygen atoms in total. The molecule has 0 aliphatic heterocycles. The van der Waals surface area contributed by atoms with Gasteiger partial charge in [0.2, 0.25) is 5.95 Å². The van der Waals surface area contributed by atoms with E-state index in [4.69, 9.17) is 4.74 Å². The van der Waals surface area contributed by atoms with Crippen LogP contribution in [-0.4, -0.2) is 45.5 Å². The van der Waals surface area contributed by atoms with E-state index in [2.05, 4.69) is 27.5 Å². The zero-order chi connectivity index (χ0) is 17.7. The van der Waals surface area contributed by atoms with E-state index in [1.54, 1.807) is 6.20 Å². The van der Waals surface area contributed by atoms with Crippen molar-refractivity contribution in [1.29, 1.82) is 0 Å². The van der Waals surface area contributed by atoms with Crippen LogP contribution >= 0.6 is 0 Å². The van der Waals surface area contributed by atoms with E-state index in [-0.39, 0.29) is 6.04 Å². The minimum Gasteiger partial charge on any atom is -0.390 e. The number of nitrogens with zero attached hydrogens (tertiary/aromatic N) is 2. The largest absolute Gasteiger partial charge is 0.390 e. The molecule has 0 aromatic carbocycles. The molecule has 0 bridgehead atoms. The number of hydrogen-bond donors (Lipinski definition) is 3. The Hall–Kier alpha value is -1.40. The van der Waals surface area contributed by atoms with Crippen molar-refractivity contribution in [2.45, 2.75) is 89.0 Å². The van der Waals surface area contributed by atoms with E-state index in [0.717, 1.165) is 63.8 Å². The summed E-state index contributed by atoms with van der Waals surface area (Å²) in [6.45, 7) is 4.78. The van der Waals surface area contributed by atoms with Crippen molar-refractivity contribution in [2.75, 3.05) is 17.2 Å². The summed E-state index contributed by atoms with van der Waals surface area (Å²) in [6.07, 6.45) is 10.4. The Morgan fingerprint density at radius 1 is 1.20 bits per heavy atom. The molecule has 0 amide bonds. The maximum absolute atomic E-state index is 10.3. The summed E-state index contributed by atoms with van der Waals surface area (Å²) in [7, 11) is 0. The number of aromatic nitrogens is 2. The van der Waals surface area contributed by atoms with Crippen LogP contribution in [0.4, 0.5) is 11.8 Å². The third-order valence-electron chi connectivity index (χ3n) is 5.37. The maximum Gasteiger partial charge on any atom is 0.224 e. The average molecular weight is 348 g/mol. The number of rotatable bonds is 6. The lowest BCUT2D eigenvalue weighted by atomic mass is 9.83. The summed E-state index contributed by atoms with van der Waals surface area (Å²) in [5, 5.41) is 17.2. The fourth-order valence-electron chi connectivity index (χ4n) is 4.10. The Bertz CT molecular complexity index is 544. The highest BCUT2D eigenvalue weighted by molar-refractivity contribution is 5.41. The Morgan fingerprint density at radius 2 is 2.00 bits per heavy atom. The van der Waals surface area contributed by atoms with Crippen LogP contribution in [0.2, 0.25) is 0 Å². The molecule has 0 radical (unpaired) electrons. The van der Waals surface area contributed by atoms with Gasteiger partial charge in [-0.05, 0) is 71.3 Å². The van der Waals surface area contributed by atoms with E-state index in [1.165, 1.54) is 0 Å². The van der Waals surface area contributed by atoms with Gasteiger partial charge in [0.1, 0.15) is 5.82 Å². The summed E-state index contributed by atoms with van der Waals surface area (Å²) in [6, 6.07) is 2.59. The highest BCUT2D eigenvalue weighted by Gasteiger charge is 2.30. The molecule has 25 heavy (non-hydrogen) atoms. The van der Waals surface area contributed by atoms with Gasteiger partial charge in [-0.2, -0.15) is 4.98 Å². The summed E-state index contributed by atoms with van der Waals surface area (Å²) in [5.74, 6) is 1.52. The smallest absolute Gasteiger partial charge is 0.224 e. The summed E-state index contributed by atoms with van der Waals surface area (Å²) < 4.78 is 5.71. The first kappa shape index (κ1) is 18.4. The molecule has 6 heteroatoms. The molecular weight excluding hydrogens is 316 g/mol. The molecular formula is C19H32N4O2. The zero-order valence-electron chi connectivity index (χ0n) is 15.5. The van der Waals surface area contributed by atoms with E-state index in [0.29, 0.717) is 18.1 Å². The number of aliphatic hydroxyl groups is 1. The Balaban J connectivity index is 1.52. The molecule has 1 aromatic rings. The van der Waals surface area contributed by atoms with Gasteiger partial charge < -0.3 is 20.5 Å². The number of nitrogens with one attached hydrogen (secondary N) is 2. The van der Waals surface area contributed by atoms with Gasteiger partial charge in [-0.1, -0.05) is 0 Å². The van der Waals surface area contributed by atoms with Crippen LogP contribution in [0.1, 0.15) is 65.2 Å². The minimum atomic E-state index is -0.566. The van der Waals surface area contributed by atoms with Crippen LogP contribution in [0.25, 0.3) is 0 Å². The SMILES string of the molecule is CCOC1CCC(Nc2nccc(N[C@@H]3CCC[C@@](C)(O)C3)n2)CC1. The lowest BCUT2D eigenvalue weighted by molar-refractivity contribution is 0.0182. The Morgan fingerprint density at radius 3 is 2.72 bits per heavy atom. The van der Waals surface area contributed by atoms with Gasteiger partial charge in [-0.25, -0.2) is 4.98 Å². The Kier molecular flexibility index (Phi) is 6.12.